The molecule has 0 aromatic heterocycles. The number of nitrogens with one attached hydrogen (secondary N) is 1. The highest BCUT2D eigenvalue weighted by Crippen LogP contribution is 2.26. The lowest BCUT2D eigenvalue weighted by Crippen LogP contribution is -2.59. The molecule has 22 heavy (non-hydrogen) atoms. The number of amides is 1. The van der Waals surface area contributed by atoms with Crippen molar-refractivity contribution < 1.29 is 13.9 Å². The average molecular weight is 351 g/mol. The van der Waals surface area contributed by atoms with Gasteiger partial charge in [-0.2, -0.15) is 0 Å². The smallest absolute Gasteiger partial charge is 0.263 e. The molecule has 1 fully saturated rings. The van der Waals surface area contributed by atoms with Gasteiger partial charge in [0, 0.05) is 25.2 Å². The number of piperazine rings is 1. The molecule has 0 spiro atoms. The van der Waals surface area contributed by atoms with Crippen LogP contribution in [-0.4, -0.2) is 42.1 Å². The highest BCUT2D eigenvalue weighted by Gasteiger charge is 2.31. The summed E-state index contributed by atoms with van der Waals surface area (Å²) in [6, 6.07) is 4.20. The summed E-state index contributed by atoms with van der Waals surface area (Å²) in [6.45, 7) is 7.15. The van der Waals surface area contributed by atoms with E-state index in [-0.39, 0.29) is 35.4 Å². The van der Waals surface area contributed by atoms with Crippen LogP contribution in [0.2, 0.25) is 5.02 Å². The van der Waals surface area contributed by atoms with Gasteiger partial charge in [0.05, 0.1) is 5.02 Å². The number of hydrogen-bond acceptors (Lipinski definition) is 3. The van der Waals surface area contributed by atoms with E-state index in [9.17, 15) is 9.18 Å². The van der Waals surface area contributed by atoms with E-state index in [0.717, 1.165) is 6.54 Å². The minimum Gasteiger partial charge on any atom is -0.479 e. The molecule has 1 saturated heterocycles. The molecule has 1 aliphatic heterocycles. The number of rotatable bonds is 3. The zero-order valence-electron chi connectivity index (χ0n) is 12.8. The third-order valence-electron chi connectivity index (χ3n) is 3.86. The van der Waals surface area contributed by atoms with E-state index in [0.29, 0.717) is 12.3 Å². The summed E-state index contributed by atoms with van der Waals surface area (Å²) in [5.74, 6) is -0.207. The monoisotopic (exact) mass is 350 g/mol. The number of carbonyl (C=O) groups is 1. The summed E-state index contributed by atoms with van der Waals surface area (Å²) in [5, 5.41) is 3.49. The van der Waals surface area contributed by atoms with Crippen molar-refractivity contribution in [3.8, 4) is 5.75 Å². The molecule has 1 amide bonds. The molecule has 3 unspecified atom stereocenters. The normalized spacial score (nSPS) is 22.7. The van der Waals surface area contributed by atoms with E-state index >= 15 is 0 Å². The molecule has 1 aromatic carbocycles. The molecule has 1 heterocycles. The Labute approximate surface area is 141 Å². The molecule has 3 atom stereocenters. The van der Waals surface area contributed by atoms with E-state index in [1.165, 1.54) is 18.2 Å². The maximum atomic E-state index is 13.0. The van der Waals surface area contributed by atoms with Crippen LogP contribution in [0.25, 0.3) is 0 Å². The lowest BCUT2D eigenvalue weighted by Gasteiger charge is -2.39. The van der Waals surface area contributed by atoms with Crippen molar-refractivity contribution in [1.82, 2.24) is 10.2 Å². The van der Waals surface area contributed by atoms with Gasteiger partial charge < -0.3 is 15.0 Å². The minimum atomic E-state index is -0.666. The first kappa shape index (κ1) is 19.0. The predicted octanol–water partition coefficient (Wildman–Crippen LogP) is 2.88. The quantitative estimate of drug-likeness (QED) is 0.911. The van der Waals surface area contributed by atoms with Crippen molar-refractivity contribution in [3.63, 3.8) is 0 Å². The third-order valence-corrected chi connectivity index (χ3v) is 4.16. The molecular weight excluding hydrogens is 330 g/mol. The zero-order valence-corrected chi connectivity index (χ0v) is 14.4. The Kier molecular flexibility index (Phi) is 6.91. The Bertz CT molecular complexity index is 530. The Morgan fingerprint density at radius 1 is 1.50 bits per heavy atom. The Morgan fingerprint density at radius 3 is 2.82 bits per heavy atom. The maximum absolute atomic E-state index is 13.0. The SMILES string of the molecule is CC(Oc1ccc(F)cc1Cl)C(=O)N1CCNC(C)C1C.Cl. The van der Waals surface area contributed by atoms with Gasteiger partial charge in [-0.1, -0.05) is 11.6 Å². The summed E-state index contributed by atoms with van der Waals surface area (Å²) >= 11 is 5.92. The summed E-state index contributed by atoms with van der Waals surface area (Å²) < 4.78 is 18.6. The number of nitrogens with zero attached hydrogens (tertiary/aromatic N) is 1. The molecule has 4 nitrogen and oxygen atoms in total. The van der Waals surface area contributed by atoms with E-state index in [2.05, 4.69) is 5.32 Å². The largest absolute Gasteiger partial charge is 0.479 e. The highest BCUT2D eigenvalue weighted by atomic mass is 35.5. The fourth-order valence-corrected chi connectivity index (χ4v) is 2.62. The van der Waals surface area contributed by atoms with Gasteiger partial charge >= 0.3 is 0 Å². The van der Waals surface area contributed by atoms with Crippen LogP contribution in [0, 0.1) is 5.82 Å². The molecule has 7 heteroatoms. The summed E-state index contributed by atoms with van der Waals surface area (Å²) in [5.41, 5.74) is 0. The Balaban J connectivity index is 0.00000242. The maximum Gasteiger partial charge on any atom is 0.263 e. The van der Waals surface area contributed by atoms with Crippen LogP contribution < -0.4 is 10.1 Å². The van der Waals surface area contributed by atoms with E-state index in [1.807, 2.05) is 18.7 Å². The van der Waals surface area contributed by atoms with Gasteiger partial charge in [-0.15, -0.1) is 12.4 Å². The second-order valence-electron chi connectivity index (χ2n) is 5.35. The second-order valence-corrected chi connectivity index (χ2v) is 5.76. The zero-order chi connectivity index (χ0) is 15.6. The van der Waals surface area contributed by atoms with Crippen LogP contribution in [0.4, 0.5) is 4.39 Å². The number of benzene rings is 1. The summed E-state index contributed by atoms with van der Waals surface area (Å²) in [7, 11) is 0. The van der Waals surface area contributed by atoms with Gasteiger partial charge in [-0.05, 0) is 39.0 Å². The van der Waals surface area contributed by atoms with Crippen LogP contribution >= 0.6 is 24.0 Å². The molecule has 0 bridgehead atoms. The topological polar surface area (TPSA) is 41.6 Å². The van der Waals surface area contributed by atoms with Gasteiger partial charge in [-0.3, -0.25) is 4.79 Å². The van der Waals surface area contributed by atoms with Crippen molar-refractivity contribution in [3.05, 3.63) is 29.0 Å². The third kappa shape index (κ3) is 4.24. The number of halogens is 3. The molecule has 0 saturated carbocycles. The number of carbonyl (C=O) groups excluding carboxylic acids is 1. The van der Waals surface area contributed by atoms with Crippen molar-refractivity contribution >= 4 is 29.9 Å². The Hall–Kier alpha value is -1.04. The van der Waals surface area contributed by atoms with Crippen LogP contribution in [0.1, 0.15) is 20.8 Å². The van der Waals surface area contributed by atoms with E-state index in [4.69, 9.17) is 16.3 Å². The van der Waals surface area contributed by atoms with Gasteiger partial charge in [-0.25, -0.2) is 4.39 Å². The Morgan fingerprint density at radius 2 is 2.18 bits per heavy atom. The first-order valence-corrected chi connectivity index (χ1v) is 7.43. The predicted molar refractivity (Wildman–Crippen MR) is 87.4 cm³/mol. The standard InChI is InChI=1S/C15H20ClFN2O2.ClH/c1-9-10(2)19(7-6-18-9)15(20)11(3)21-14-5-4-12(17)8-13(14)16;/h4-5,8-11,18H,6-7H2,1-3H3;1H. The van der Waals surface area contributed by atoms with Crippen LogP contribution in [0.15, 0.2) is 18.2 Å². The van der Waals surface area contributed by atoms with Crippen LogP contribution in [0.3, 0.4) is 0 Å². The lowest BCUT2D eigenvalue weighted by molar-refractivity contribution is -0.141. The molecule has 124 valence electrons. The molecular formula is C15H21Cl2FN2O2. The minimum absolute atomic E-state index is 0. The van der Waals surface area contributed by atoms with Gasteiger partial charge in [0.15, 0.2) is 6.10 Å². The molecule has 1 N–H and O–H groups in total. The number of hydrogen-bond donors (Lipinski definition) is 1. The van der Waals surface area contributed by atoms with Crippen molar-refractivity contribution in [2.24, 2.45) is 0 Å². The molecule has 1 aliphatic rings. The van der Waals surface area contributed by atoms with Crippen LogP contribution in [0.5, 0.6) is 5.75 Å². The van der Waals surface area contributed by atoms with Crippen LogP contribution in [-0.2, 0) is 4.79 Å². The van der Waals surface area contributed by atoms with E-state index < -0.39 is 11.9 Å². The van der Waals surface area contributed by atoms with Gasteiger partial charge in [0.1, 0.15) is 11.6 Å². The van der Waals surface area contributed by atoms with E-state index in [1.54, 1.807) is 6.92 Å². The van der Waals surface area contributed by atoms with Gasteiger partial charge in [0.25, 0.3) is 5.91 Å². The fraction of sp³-hybridized carbons (Fsp3) is 0.533. The highest BCUT2D eigenvalue weighted by molar-refractivity contribution is 6.32. The first-order valence-electron chi connectivity index (χ1n) is 7.05. The molecule has 0 aliphatic carbocycles. The van der Waals surface area contributed by atoms with Crippen molar-refractivity contribution in [2.45, 2.75) is 39.0 Å². The first-order chi connectivity index (χ1) is 9.90. The van der Waals surface area contributed by atoms with Crippen molar-refractivity contribution in [2.75, 3.05) is 13.1 Å². The molecule has 2 rings (SSSR count). The summed E-state index contributed by atoms with van der Waals surface area (Å²) in [6.07, 6.45) is -0.666. The average Bonchev–Trinajstić information content (AvgIpc) is 2.44. The van der Waals surface area contributed by atoms with Gasteiger partial charge in [0.2, 0.25) is 0 Å². The number of ether oxygens (including phenoxy) is 1. The summed E-state index contributed by atoms with van der Waals surface area (Å²) in [4.78, 5) is 14.3. The lowest BCUT2D eigenvalue weighted by atomic mass is 10.1. The second kappa shape index (κ2) is 7.99. The van der Waals surface area contributed by atoms with Crippen molar-refractivity contribution in [1.29, 1.82) is 0 Å². The fourth-order valence-electron chi connectivity index (χ4n) is 2.41. The molecule has 1 aromatic rings. The molecule has 0 radical (unpaired) electrons.